The molecule has 1 amide bonds. The molecule has 0 saturated heterocycles. The summed E-state index contributed by atoms with van der Waals surface area (Å²) < 4.78 is 0. The van der Waals surface area contributed by atoms with Crippen LogP contribution in [0.4, 0.5) is 0 Å². The highest BCUT2D eigenvalue weighted by atomic mass is 16.1. The van der Waals surface area contributed by atoms with Crippen LogP contribution in [0.5, 0.6) is 0 Å². The maximum atomic E-state index is 11.8. The quantitative estimate of drug-likeness (QED) is 0.770. The molecule has 0 radical (unpaired) electrons. The molecule has 4 heteroatoms. The maximum Gasteiger partial charge on any atom is 0.224 e. The van der Waals surface area contributed by atoms with Gasteiger partial charge in [0.2, 0.25) is 5.91 Å². The number of hydrogen-bond acceptors (Lipinski definition) is 3. The normalized spacial score (nSPS) is 12.5. The van der Waals surface area contributed by atoms with Gasteiger partial charge in [0.25, 0.3) is 0 Å². The first-order valence-corrected chi connectivity index (χ1v) is 5.53. The van der Waals surface area contributed by atoms with Gasteiger partial charge >= 0.3 is 0 Å². The summed E-state index contributed by atoms with van der Waals surface area (Å²) in [6.07, 6.45) is 2.32. The van der Waals surface area contributed by atoms with Gasteiger partial charge in [-0.05, 0) is 26.0 Å². The molecule has 3 N–H and O–H groups in total. The minimum Gasteiger partial charge on any atom is -0.354 e. The van der Waals surface area contributed by atoms with Gasteiger partial charge in [0, 0.05) is 30.9 Å². The molecule has 0 aliphatic rings. The molecule has 1 rings (SSSR count). The Hall–Kier alpha value is -1.42. The van der Waals surface area contributed by atoms with Gasteiger partial charge in [0.1, 0.15) is 0 Å². The van der Waals surface area contributed by atoms with Crippen LogP contribution >= 0.6 is 0 Å². The van der Waals surface area contributed by atoms with Gasteiger partial charge in [0.05, 0.1) is 5.92 Å². The lowest BCUT2D eigenvalue weighted by atomic mass is 10.0. The van der Waals surface area contributed by atoms with E-state index in [1.165, 1.54) is 0 Å². The van der Waals surface area contributed by atoms with Gasteiger partial charge in [-0.3, -0.25) is 9.78 Å². The number of pyridine rings is 1. The van der Waals surface area contributed by atoms with Crippen LogP contribution in [0.1, 0.15) is 19.5 Å². The molecule has 1 aromatic rings. The van der Waals surface area contributed by atoms with Crippen LogP contribution in [0.25, 0.3) is 0 Å². The van der Waals surface area contributed by atoms with Crippen molar-refractivity contribution in [3.63, 3.8) is 0 Å². The molecule has 16 heavy (non-hydrogen) atoms. The standard InChI is InChI=1S/C12H19N3O/c1-9(2)15-12(16)10(8-13)7-11-5-3-4-6-14-11/h3-6,9-10H,7-8,13H2,1-2H3,(H,15,16). The predicted molar refractivity (Wildman–Crippen MR) is 63.8 cm³/mol. The van der Waals surface area contributed by atoms with E-state index in [4.69, 9.17) is 5.73 Å². The van der Waals surface area contributed by atoms with E-state index in [2.05, 4.69) is 10.3 Å². The Balaban J connectivity index is 2.58. The molecule has 0 spiro atoms. The zero-order chi connectivity index (χ0) is 12.0. The molecule has 0 aliphatic carbocycles. The topological polar surface area (TPSA) is 68.0 Å². The summed E-state index contributed by atoms with van der Waals surface area (Å²) in [4.78, 5) is 16.0. The highest BCUT2D eigenvalue weighted by Gasteiger charge is 2.18. The fraction of sp³-hybridized carbons (Fsp3) is 0.500. The van der Waals surface area contributed by atoms with Crippen LogP contribution in [0, 0.1) is 5.92 Å². The Kier molecular flexibility index (Phi) is 4.92. The van der Waals surface area contributed by atoms with E-state index in [9.17, 15) is 4.79 Å². The number of rotatable bonds is 5. The third kappa shape index (κ3) is 3.98. The zero-order valence-electron chi connectivity index (χ0n) is 9.81. The number of nitrogens with two attached hydrogens (primary N) is 1. The summed E-state index contributed by atoms with van der Waals surface area (Å²) in [6.45, 7) is 4.22. The average molecular weight is 221 g/mol. The Morgan fingerprint density at radius 1 is 1.50 bits per heavy atom. The predicted octanol–water partition coefficient (Wildman–Crippen LogP) is 0.724. The zero-order valence-corrected chi connectivity index (χ0v) is 9.81. The van der Waals surface area contributed by atoms with Crippen molar-refractivity contribution in [1.82, 2.24) is 10.3 Å². The SMILES string of the molecule is CC(C)NC(=O)C(CN)Cc1ccccn1. The van der Waals surface area contributed by atoms with E-state index in [0.717, 1.165) is 5.69 Å². The Bertz CT molecular complexity index is 324. The van der Waals surface area contributed by atoms with Gasteiger partial charge in [-0.25, -0.2) is 0 Å². The summed E-state index contributed by atoms with van der Waals surface area (Å²) in [7, 11) is 0. The summed E-state index contributed by atoms with van der Waals surface area (Å²) in [5, 5.41) is 2.87. The molecule has 0 aliphatic heterocycles. The van der Waals surface area contributed by atoms with Crippen LogP contribution in [0.15, 0.2) is 24.4 Å². The van der Waals surface area contributed by atoms with Crippen molar-refractivity contribution in [2.24, 2.45) is 11.7 Å². The molecule has 1 aromatic heterocycles. The lowest BCUT2D eigenvalue weighted by molar-refractivity contribution is -0.125. The Morgan fingerprint density at radius 3 is 2.75 bits per heavy atom. The van der Waals surface area contributed by atoms with Crippen molar-refractivity contribution in [3.05, 3.63) is 30.1 Å². The molecule has 0 aromatic carbocycles. The van der Waals surface area contributed by atoms with Gasteiger partial charge in [-0.1, -0.05) is 6.07 Å². The van der Waals surface area contributed by atoms with E-state index >= 15 is 0 Å². The summed E-state index contributed by atoms with van der Waals surface area (Å²) >= 11 is 0. The monoisotopic (exact) mass is 221 g/mol. The molecule has 0 bridgehead atoms. The van der Waals surface area contributed by atoms with E-state index in [1.54, 1.807) is 6.20 Å². The number of carbonyl (C=O) groups is 1. The first-order chi connectivity index (χ1) is 7.63. The number of hydrogen-bond donors (Lipinski definition) is 2. The number of nitrogens with one attached hydrogen (secondary N) is 1. The second-order valence-electron chi connectivity index (χ2n) is 4.12. The fourth-order valence-corrected chi connectivity index (χ4v) is 1.46. The molecule has 1 heterocycles. The third-order valence-electron chi connectivity index (χ3n) is 2.27. The summed E-state index contributed by atoms with van der Waals surface area (Å²) in [6, 6.07) is 5.82. The molecule has 88 valence electrons. The number of amides is 1. The van der Waals surface area contributed by atoms with Crippen LogP contribution in [-0.4, -0.2) is 23.5 Å². The highest BCUT2D eigenvalue weighted by Crippen LogP contribution is 2.05. The van der Waals surface area contributed by atoms with Crippen molar-refractivity contribution >= 4 is 5.91 Å². The summed E-state index contributed by atoms with van der Waals surface area (Å²) in [5.74, 6) is -0.194. The van der Waals surface area contributed by atoms with Gasteiger partial charge in [0.15, 0.2) is 0 Å². The van der Waals surface area contributed by atoms with Crippen molar-refractivity contribution < 1.29 is 4.79 Å². The largest absolute Gasteiger partial charge is 0.354 e. The molecule has 0 fully saturated rings. The van der Waals surface area contributed by atoms with Crippen molar-refractivity contribution in [2.45, 2.75) is 26.3 Å². The molecule has 4 nitrogen and oxygen atoms in total. The van der Waals surface area contributed by atoms with E-state index in [-0.39, 0.29) is 17.9 Å². The average Bonchev–Trinajstić information content (AvgIpc) is 2.26. The van der Waals surface area contributed by atoms with Gasteiger partial charge < -0.3 is 11.1 Å². The minimum absolute atomic E-state index is 0.00292. The lowest BCUT2D eigenvalue weighted by Gasteiger charge is -2.16. The Morgan fingerprint density at radius 2 is 2.25 bits per heavy atom. The van der Waals surface area contributed by atoms with Crippen LogP contribution < -0.4 is 11.1 Å². The molecule has 0 saturated carbocycles. The Labute approximate surface area is 96.3 Å². The molecule has 1 unspecified atom stereocenters. The fourth-order valence-electron chi connectivity index (χ4n) is 1.46. The van der Waals surface area contributed by atoms with Crippen molar-refractivity contribution in [1.29, 1.82) is 0 Å². The van der Waals surface area contributed by atoms with Crippen LogP contribution in [-0.2, 0) is 11.2 Å². The first-order valence-electron chi connectivity index (χ1n) is 5.53. The smallest absolute Gasteiger partial charge is 0.224 e. The first kappa shape index (κ1) is 12.6. The van der Waals surface area contributed by atoms with E-state index < -0.39 is 0 Å². The van der Waals surface area contributed by atoms with E-state index in [0.29, 0.717) is 13.0 Å². The van der Waals surface area contributed by atoms with Crippen LogP contribution in [0.2, 0.25) is 0 Å². The second-order valence-corrected chi connectivity index (χ2v) is 4.12. The lowest BCUT2D eigenvalue weighted by Crippen LogP contribution is -2.39. The minimum atomic E-state index is -0.197. The van der Waals surface area contributed by atoms with Crippen molar-refractivity contribution in [2.75, 3.05) is 6.54 Å². The maximum absolute atomic E-state index is 11.8. The number of aromatic nitrogens is 1. The summed E-state index contributed by atoms with van der Waals surface area (Å²) in [5.41, 5.74) is 6.51. The molecular formula is C12H19N3O. The van der Waals surface area contributed by atoms with Gasteiger partial charge in [-0.15, -0.1) is 0 Å². The van der Waals surface area contributed by atoms with E-state index in [1.807, 2.05) is 32.0 Å². The number of nitrogens with zero attached hydrogens (tertiary/aromatic N) is 1. The van der Waals surface area contributed by atoms with Crippen molar-refractivity contribution in [3.8, 4) is 0 Å². The highest BCUT2D eigenvalue weighted by molar-refractivity contribution is 5.79. The molecule has 1 atom stereocenters. The van der Waals surface area contributed by atoms with Gasteiger partial charge in [-0.2, -0.15) is 0 Å². The third-order valence-corrected chi connectivity index (χ3v) is 2.27. The van der Waals surface area contributed by atoms with Crippen LogP contribution in [0.3, 0.4) is 0 Å². The second kappa shape index (κ2) is 6.23. The molecular weight excluding hydrogens is 202 g/mol. The number of carbonyl (C=O) groups excluding carboxylic acids is 1.